The van der Waals surface area contributed by atoms with Crippen molar-refractivity contribution in [1.29, 1.82) is 0 Å². The van der Waals surface area contributed by atoms with E-state index in [4.69, 9.17) is 4.74 Å². The molecule has 0 N–H and O–H groups in total. The highest BCUT2D eigenvalue weighted by atomic mass is 32.2. The fourth-order valence-corrected chi connectivity index (χ4v) is 3.13. The predicted molar refractivity (Wildman–Crippen MR) is 82.9 cm³/mol. The molecule has 0 radical (unpaired) electrons. The van der Waals surface area contributed by atoms with Crippen LogP contribution in [0.5, 0.6) is 5.19 Å². The molecular weight excluding hydrogens is 345 g/mol. The molecule has 124 valence electrons. The van der Waals surface area contributed by atoms with Gasteiger partial charge in [-0.1, -0.05) is 0 Å². The fourth-order valence-electron chi connectivity index (χ4n) is 1.73. The Kier molecular flexibility index (Phi) is 5.26. The van der Waals surface area contributed by atoms with Gasteiger partial charge in [-0.3, -0.25) is 4.79 Å². The van der Waals surface area contributed by atoms with Crippen molar-refractivity contribution in [3.63, 3.8) is 0 Å². The first kappa shape index (κ1) is 17.3. The molecule has 0 aliphatic rings. The number of likely N-dealkylation sites (N-methyl/N-ethyl adjacent to an activating group) is 1. The third-order valence-electron chi connectivity index (χ3n) is 2.80. The third-order valence-corrected chi connectivity index (χ3v) is 4.39. The molecule has 0 saturated carbocycles. The lowest BCUT2D eigenvalue weighted by molar-refractivity contribution is -0.120. The van der Waals surface area contributed by atoms with Gasteiger partial charge in [0.25, 0.3) is 16.3 Å². The maximum absolute atomic E-state index is 12.9. The van der Waals surface area contributed by atoms with E-state index in [-0.39, 0.29) is 22.9 Å². The Hall–Kier alpha value is -2.07. The van der Waals surface area contributed by atoms with Crippen molar-refractivity contribution in [2.45, 2.75) is 12.1 Å². The summed E-state index contributed by atoms with van der Waals surface area (Å²) in [5.41, 5.74) is 0.539. The number of ether oxygens (including phenoxy) is 1. The van der Waals surface area contributed by atoms with E-state index in [0.29, 0.717) is 12.2 Å². The summed E-state index contributed by atoms with van der Waals surface area (Å²) in [6, 6.07) is 5.50. The number of hydrogen-bond donors (Lipinski definition) is 0. The predicted octanol–water partition coefficient (Wildman–Crippen LogP) is 1.51. The average molecular weight is 359 g/mol. The molecule has 2 aromatic rings. The van der Waals surface area contributed by atoms with Gasteiger partial charge in [-0.2, -0.15) is 9.36 Å². The molecule has 1 heterocycles. The van der Waals surface area contributed by atoms with Crippen LogP contribution in [-0.2, 0) is 14.6 Å². The lowest BCUT2D eigenvalue weighted by Gasteiger charge is -2.20. The summed E-state index contributed by atoms with van der Waals surface area (Å²) in [6.45, 7) is 1.82. The molecular formula is C13H14FN3O4S2. The minimum atomic E-state index is -3.51. The Labute approximate surface area is 136 Å². The summed E-state index contributed by atoms with van der Waals surface area (Å²) in [4.78, 5) is 17.3. The summed E-state index contributed by atoms with van der Waals surface area (Å²) in [6.07, 6.45) is 0.983. The normalized spacial score (nSPS) is 11.3. The van der Waals surface area contributed by atoms with Gasteiger partial charge in [0.05, 0.1) is 0 Å². The highest BCUT2D eigenvalue weighted by molar-refractivity contribution is 7.90. The summed E-state index contributed by atoms with van der Waals surface area (Å²) in [5, 5.41) is -0.343. The zero-order chi connectivity index (χ0) is 17.0. The number of carbonyl (C=O) groups is 1. The van der Waals surface area contributed by atoms with Crippen molar-refractivity contribution in [1.82, 2.24) is 9.36 Å². The van der Waals surface area contributed by atoms with Gasteiger partial charge in [-0.15, -0.1) is 0 Å². The Morgan fingerprint density at radius 2 is 2.00 bits per heavy atom. The zero-order valence-electron chi connectivity index (χ0n) is 12.4. The molecule has 10 heteroatoms. The molecule has 1 aromatic heterocycles. The Morgan fingerprint density at radius 3 is 2.52 bits per heavy atom. The minimum absolute atomic E-state index is 0.00562. The number of rotatable bonds is 6. The van der Waals surface area contributed by atoms with Crippen molar-refractivity contribution < 1.29 is 22.3 Å². The zero-order valence-corrected chi connectivity index (χ0v) is 14.0. The molecule has 0 fully saturated rings. The van der Waals surface area contributed by atoms with Gasteiger partial charge >= 0.3 is 0 Å². The summed E-state index contributed by atoms with van der Waals surface area (Å²) in [5.74, 6) is -0.758. The Bertz CT molecular complexity index is 790. The number of carbonyl (C=O) groups excluding carboxylic acids is 1. The number of amides is 1. The van der Waals surface area contributed by atoms with Gasteiger partial charge < -0.3 is 9.64 Å². The number of nitrogens with zero attached hydrogens (tertiary/aromatic N) is 3. The van der Waals surface area contributed by atoms with E-state index in [1.807, 2.05) is 0 Å². The van der Waals surface area contributed by atoms with E-state index in [1.165, 1.54) is 29.2 Å². The second kappa shape index (κ2) is 7.01. The van der Waals surface area contributed by atoms with Crippen molar-refractivity contribution in [3.05, 3.63) is 30.1 Å². The average Bonchev–Trinajstić information content (AvgIpc) is 2.97. The van der Waals surface area contributed by atoms with Crippen LogP contribution >= 0.6 is 11.5 Å². The maximum atomic E-state index is 12.9. The number of benzene rings is 1. The van der Waals surface area contributed by atoms with Crippen LogP contribution in [0.4, 0.5) is 10.1 Å². The van der Waals surface area contributed by atoms with Gasteiger partial charge in [-0.05, 0) is 31.2 Å². The summed E-state index contributed by atoms with van der Waals surface area (Å²) >= 11 is 0.753. The van der Waals surface area contributed by atoms with Crippen LogP contribution in [0.25, 0.3) is 0 Å². The number of anilines is 1. The van der Waals surface area contributed by atoms with Gasteiger partial charge in [0.1, 0.15) is 5.82 Å². The highest BCUT2D eigenvalue weighted by Crippen LogP contribution is 2.18. The summed E-state index contributed by atoms with van der Waals surface area (Å²) < 4.78 is 44.3. The van der Waals surface area contributed by atoms with Crippen LogP contribution in [0.3, 0.4) is 0 Å². The maximum Gasteiger partial charge on any atom is 0.294 e. The smallest absolute Gasteiger partial charge is 0.294 e. The van der Waals surface area contributed by atoms with Crippen molar-refractivity contribution in [2.75, 3.05) is 24.3 Å². The molecule has 7 nitrogen and oxygen atoms in total. The fraction of sp³-hybridized carbons (Fsp3) is 0.308. The van der Waals surface area contributed by atoms with E-state index < -0.39 is 15.7 Å². The Balaban J connectivity index is 2.03. The van der Waals surface area contributed by atoms with E-state index in [0.717, 1.165) is 17.8 Å². The standard InChI is InChI=1S/C13H14FN3O4S2/c1-3-17(10-6-4-9(14)5-7-10)11(18)8-21-13-15-12(16-22-13)23(2,19)20/h4-7H,3,8H2,1-2H3. The Morgan fingerprint density at radius 1 is 1.35 bits per heavy atom. The largest absolute Gasteiger partial charge is 0.459 e. The minimum Gasteiger partial charge on any atom is -0.459 e. The van der Waals surface area contributed by atoms with E-state index >= 15 is 0 Å². The monoisotopic (exact) mass is 359 g/mol. The molecule has 0 aliphatic heterocycles. The van der Waals surface area contributed by atoms with Crippen LogP contribution in [0.15, 0.2) is 29.4 Å². The van der Waals surface area contributed by atoms with Gasteiger partial charge in [-0.25, -0.2) is 12.8 Å². The molecule has 0 atom stereocenters. The second-order valence-electron chi connectivity index (χ2n) is 4.52. The number of hydrogen-bond acceptors (Lipinski definition) is 7. The first-order valence-corrected chi connectivity index (χ1v) is 9.20. The third kappa shape index (κ3) is 4.45. The number of aromatic nitrogens is 2. The van der Waals surface area contributed by atoms with E-state index in [2.05, 4.69) is 9.36 Å². The first-order valence-electron chi connectivity index (χ1n) is 6.53. The number of halogens is 1. The van der Waals surface area contributed by atoms with Crippen LogP contribution < -0.4 is 9.64 Å². The topological polar surface area (TPSA) is 89.5 Å². The highest BCUT2D eigenvalue weighted by Gasteiger charge is 2.18. The number of sulfone groups is 1. The molecule has 0 saturated heterocycles. The second-order valence-corrected chi connectivity index (χ2v) is 7.14. The SMILES string of the molecule is CCN(C(=O)COc1nc(S(C)(=O)=O)ns1)c1ccc(F)cc1. The van der Waals surface area contributed by atoms with Crippen molar-refractivity contribution in [3.8, 4) is 5.19 Å². The lowest BCUT2D eigenvalue weighted by Crippen LogP contribution is -2.34. The molecule has 1 aromatic carbocycles. The first-order chi connectivity index (χ1) is 10.8. The van der Waals surface area contributed by atoms with Crippen LogP contribution in [0.1, 0.15) is 6.92 Å². The molecule has 0 spiro atoms. The lowest BCUT2D eigenvalue weighted by atomic mass is 10.2. The quantitative estimate of drug-likeness (QED) is 0.777. The molecule has 0 bridgehead atoms. The van der Waals surface area contributed by atoms with Crippen LogP contribution in [-0.4, -0.2) is 43.1 Å². The van der Waals surface area contributed by atoms with Crippen LogP contribution in [0.2, 0.25) is 0 Å². The van der Waals surface area contributed by atoms with Gasteiger partial charge in [0, 0.05) is 30.0 Å². The van der Waals surface area contributed by atoms with Crippen LogP contribution in [0, 0.1) is 5.82 Å². The van der Waals surface area contributed by atoms with E-state index in [1.54, 1.807) is 6.92 Å². The van der Waals surface area contributed by atoms with Gasteiger partial charge in [0.15, 0.2) is 6.61 Å². The van der Waals surface area contributed by atoms with Crippen molar-refractivity contribution >= 4 is 33.0 Å². The van der Waals surface area contributed by atoms with E-state index in [9.17, 15) is 17.6 Å². The van der Waals surface area contributed by atoms with Crippen molar-refractivity contribution in [2.24, 2.45) is 0 Å². The molecule has 0 unspecified atom stereocenters. The molecule has 0 aliphatic carbocycles. The molecule has 1 amide bonds. The van der Waals surface area contributed by atoms with Gasteiger partial charge in [0.2, 0.25) is 9.84 Å². The molecule has 23 heavy (non-hydrogen) atoms. The molecule has 2 rings (SSSR count). The summed E-state index contributed by atoms with van der Waals surface area (Å²) in [7, 11) is -3.51.